The van der Waals surface area contributed by atoms with Crippen molar-refractivity contribution in [1.29, 1.82) is 0 Å². The van der Waals surface area contributed by atoms with Crippen LogP contribution in [0.15, 0.2) is 30.3 Å². The highest BCUT2D eigenvalue weighted by molar-refractivity contribution is 5.75. The lowest BCUT2D eigenvalue weighted by Gasteiger charge is -2.13. The van der Waals surface area contributed by atoms with Crippen molar-refractivity contribution in [2.45, 2.75) is 18.9 Å². The maximum Gasteiger partial charge on any atom is 0.325 e. The summed E-state index contributed by atoms with van der Waals surface area (Å²) in [6.07, 6.45) is 1.87. The zero-order chi connectivity index (χ0) is 12.5. The van der Waals surface area contributed by atoms with E-state index in [1.807, 2.05) is 18.2 Å². The number of benzene rings is 1. The Labute approximate surface area is 102 Å². The Morgan fingerprint density at radius 3 is 2.71 bits per heavy atom. The summed E-state index contributed by atoms with van der Waals surface area (Å²) in [5, 5.41) is 11.9. The summed E-state index contributed by atoms with van der Waals surface area (Å²) in [7, 11) is 1.32. The van der Waals surface area contributed by atoms with Crippen molar-refractivity contribution in [3.63, 3.8) is 0 Å². The zero-order valence-electron chi connectivity index (χ0n) is 10.1. The van der Waals surface area contributed by atoms with Crippen molar-refractivity contribution in [3.05, 3.63) is 35.9 Å². The number of nitrogens with one attached hydrogen (secondary N) is 1. The second-order valence-corrected chi connectivity index (χ2v) is 3.80. The van der Waals surface area contributed by atoms with E-state index in [9.17, 15) is 4.79 Å². The zero-order valence-corrected chi connectivity index (χ0v) is 10.1. The summed E-state index contributed by atoms with van der Waals surface area (Å²) < 4.78 is 4.56. The Kier molecular flexibility index (Phi) is 6.29. The minimum absolute atomic E-state index is 0.238. The van der Waals surface area contributed by atoms with E-state index in [2.05, 4.69) is 22.2 Å². The van der Waals surface area contributed by atoms with Crippen LogP contribution in [0.25, 0.3) is 0 Å². The van der Waals surface area contributed by atoms with Gasteiger partial charge in [-0.1, -0.05) is 30.3 Å². The first kappa shape index (κ1) is 13.7. The van der Waals surface area contributed by atoms with Gasteiger partial charge in [-0.15, -0.1) is 0 Å². The monoisotopic (exact) mass is 237 g/mol. The van der Waals surface area contributed by atoms with E-state index in [0.717, 1.165) is 12.8 Å². The van der Waals surface area contributed by atoms with Crippen LogP contribution in [0.2, 0.25) is 0 Å². The molecule has 17 heavy (non-hydrogen) atoms. The van der Waals surface area contributed by atoms with Gasteiger partial charge in [0.25, 0.3) is 0 Å². The summed E-state index contributed by atoms with van der Waals surface area (Å²) in [6, 6.07) is 9.53. The van der Waals surface area contributed by atoms with Gasteiger partial charge in [0.1, 0.15) is 6.04 Å². The Bertz CT molecular complexity index is 327. The summed E-state index contributed by atoms with van der Waals surface area (Å²) in [4.78, 5) is 11.2. The van der Waals surface area contributed by atoms with Crippen molar-refractivity contribution < 1.29 is 14.6 Å². The van der Waals surface area contributed by atoms with Gasteiger partial charge in [0.15, 0.2) is 0 Å². The van der Waals surface area contributed by atoms with Crippen LogP contribution in [0.1, 0.15) is 12.0 Å². The summed E-state index contributed by atoms with van der Waals surface area (Å²) in [5.41, 5.74) is 1.27. The molecule has 1 aromatic carbocycles. The van der Waals surface area contributed by atoms with Crippen molar-refractivity contribution in [3.8, 4) is 0 Å². The quantitative estimate of drug-likeness (QED) is 0.542. The predicted octanol–water partition coefficient (Wildman–Crippen LogP) is 0.743. The topological polar surface area (TPSA) is 58.6 Å². The number of aliphatic hydroxyl groups is 1. The van der Waals surface area contributed by atoms with Crippen LogP contribution >= 0.6 is 0 Å². The van der Waals surface area contributed by atoms with Crippen molar-refractivity contribution in [2.24, 2.45) is 0 Å². The molecule has 0 aliphatic rings. The lowest BCUT2D eigenvalue weighted by atomic mass is 10.1. The maximum atomic E-state index is 11.2. The molecule has 0 bridgehead atoms. The number of ether oxygens (including phenoxy) is 1. The Balaban J connectivity index is 2.21. The number of aryl methyl sites for hydroxylation is 1. The van der Waals surface area contributed by atoms with E-state index in [1.165, 1.54) is 12.7 Å². The van der Waals surface area contributed by atoms with Gasteiger partial charge in [0, 0.05) is 0 Å². The molecule has 0 fully saturated rings. The van der Waals surface area contributed by atoms with Gasteiger partial charge >= 0.3 is 5.97 Å². The first-order valence-electron chi connectivity index (χ1n) is 5.74. The van der Waals surface area contributed by atoms with Gasteiger partial charge in [-0.2, -0.15) is 0 Å². The largest absolute Gasteiger partial charge is 0.468 e. The van der Waals surface area contributed by atoms with E-state index < -0.39 is 12.0 Å². The average Bonchev–Trinajstić information content (AvgIpc) is 2.39. The van der Waals surface area contributed by atoms with Gasteiger partial charge in [0.05, 0.1) is 13.7 Å². The number of carbonyl (C=O) groups excluding carboxylic acids is 1. The molecule has 0 amide bonds. The number of hydrogen-bond donors (Lipinski definition) is 2. The lowest BCUT2D eigenvalue weighted by molar-refractivity contribution is -0.144. The third kappa shape index (κ3) is 4.97. The lowest BCUT2D eigenvalue weighted by Crippen LogP contribution is -2.41. The molecule has 1 atom stereocenters. The molecule has 2 N–H and O–H groups in total. The Morgan fingerprint density at radius 1 is 1.41 bits per heavy atom. The normalized spacial score (nSPS) is 12.1. The highest BCUT2D eigenvalue weighted by atomic mass is 16.5. The van der Waals surface area contributed by atoms with Gasteiger partial charge in [-0.25, -0.2) is 0 Å². The fourth-order valence-corrected chi connectivity index (χ4v) is 1.58. The molecular formula is C13H19NO3. The molecule has 0 aliphatic carbocycles. The SMILES string of the molecule is COC(=O)C(CO)NCCCc1ccccc1. The van der Waals surface area contributed by atoms with Gasteiger partial charge < -0.3 is 15.2 Å². The highest BCUT2D eigenvalue weighted by Crippen LogP contribution is 2.01. The average molecular weight is 237 g/mol. The molecule has 0 aromatic heterocycles. The second kappa shape index (κ2) is 7.81. The van der Waals surface area contributed by atoms with E-state index in [1.54, 1.807) is 0 Å². The maximum absolute atomic E-state index is 11.2. The molecule has 94 valence electrons. The van der Waals surface area contributed by atoms with Crippen LogP contribution in [-0.2, 0) is 16.0 Å². The summed E-state index contributed by atoms with van der Waals surface area (Å²) in [6.45, 7) is 0.438. The van der Waals surface area contributed by atoms with E-state index >= 15 is 0 Å². The second-order valence-electron chi connectivity index (χ2n) is 3.80. The van der Waals surface area contributed by atoms with Gasteiger partial charge in [0.2, 0.25) is 0 Å². The van der Waals surface area contributed by atoms with Crippen LogP contribution < -0.4 is 5.32 Å². The number of hydrogen-bond acceptors (Lipinski definition) is 4. The molecule has 0 radical (unpaired) electrons. The number of methoxy groups -OCH3 is 1. The minimum Gasteiger partial charge on any atom is -0.468 e. The highest BCUT2D eigenvalue weighted by Gasteiger charge is 2.16. The first-order valence-corrected chi connectivity index (χ1v) is 5.74. The smallest absolute Gasteiger partial charge is 0.325 e. The number of carbonyl (C=O) groups is 1. The molecule has 0 spiro atoms. The molecule has 0 heterocycles. The molecule has 0 aliphatic heterocycles. The van der Waals surface area contributed by atoms with Crippen LogP contribution in [0, 0.1) is 0 Å². The molecule has 4 heteroatoms. The van der Waals surface area contributed by atoms with E-state index in [0.29, 0.717) is 6.54 Å². The molecule has 1 aromatic rings. The van der Waals surface area contributed by atoms with Crippen LogP contribution in [-0.4, -0.2) is 37.4 Å². The van der Waals surface area contributed by atoms with Crippen LogP contribution in [0.5, 0.6) is 0 Å². The summed E-state index contributed by atoms with van der Waals surface area (Å²) in [5.74, 6) is -0.424. The van der Waals surface area contributed by atoms with E-state index in [4.69, 9.17) is 5.11 Å². The fourth-order valence-electron chi connectivity index (χ4n) is 1.58. The van der Waals surface area contributed by atoms with Crippen molar-refractivity contribution in [2.75, 3.05) is 20.3 Å². The number of esters is 1. The fraction of sp³-hybridized carbons (Fsp3) is 0.462. The van der Waals surface area contributed by atoms with Gasteiger partial charge in [-0.3, -0.25) is 4.79 Å². The number of aliphatic hydroxyl groups excluding tert-OH is 1. The minimum atomic E-state index is -0.615. The molecule has 4 nitrogen and oxygen atoms in total. The van der Waals surface area contributed by atoms with Crippen molar-refractivity contribution >= 4 is 5.97 Å². The van der Waals surface area contributed by atoms with Crippen LogP contribution in [0.4, 0.5) is 0 Å². The summed E-state index contributed by atoms with van der Waals surface area (Å²) >= 11 is 0. The van der Waals surface area contributed by atoms with Gasteiger partial charge in [-0.05, 0) is 24.9 Å². The van der Waals surface area contributed by atoms with E-state index in [-0.39, 0.29) is 6.61 Å². The Morgan fingerprint density at radius 2 is 2.12 bits per heavy atom. The number of rotatable bonds is 7. The third-order valence-electron chi connectivity index (χ3n) is 2.54. The molecule has 1 rings (SSSR count). The predicted molar refractivity (Wildman–Crippen MR) is 65.7 cm³/mol. The molecule has 0 saturated heterocycles. The standard InChI is InChI=1S/C13H19NO3/c1-17-13(16)12(10-15)14-9-5-8-11-6-3-2-4-7-11/h2-4,6-7,12,14-15H,5,8-10H2,1H3. The molecule has 1 unspecified atom stereocenters. The molecular weight excluding hydrogens is 218 g/mol. The molecule has 0 saturated carbocycles. The van der Waals surface area contributed by atoms with Crippen molar-refractivity contribution in [1.82, 2.24) is 5.32 Å². The Hall–Kier alpha value is -1.39. The van der Waals surface area contributed by atoms with Crippen LogP contribution in [0.3, 0.4) is 0 Å². The first-order chi connectivity index (χ1) is 8.27. The third-order valence-corrected chi connectivity index (χ3v) is 2.54.